The molecule has 1 fully saturated rings. The van der Waals surface area contributed by atoms with E-state index in [1.54, 1.807) is 30.2 Å². The summed E-state index contributed by atoms with van der Waals surface area (Å²) in [4.78, 5) is 13.7. The van der Waals surface area contributed by atoms with Gasteiger partial charge >= 0.3 is 0 Å². The first-order valence-corrected chi connectivity index (χ1v) is 6.72. The van der Waals surface area contributed by atoms with Gasteiger partial charge in [-0.25, -0.2) is 0 Å². The maximum Gasteiger partial charge on any atom is 0.240 e. The van der Waals surface area contributed by atoms with Crippen LogP contribution >= 0.6 is 27.5 Å². The van der Waals surface area contributed by atoms with Crippen LogP contribution in [0.25, 0.3) is 0 Å². The summed E-state index contributed by atoms with van der Waals surface area (Å²) in [5.74, 6) is 0.764. The van der Waals surface area contributed by atoms with Crippen molar-refractivity contribution in [3.05, 3.63) is 23.2 Å². The van der Waals surface area contributed by atoms with Crippen LogP contribution < -0.4 is 9.64 Å². The van der Waals surface area contributed by atoms with E-state index in [1.165, 1.54) is 0 Å². The molecule has 1 aliphatic heterocycles. The molecule has 1 aliphatic rings. The summed E-state index contributed by atoms with van der Waals surface area (Å²) in [6.45, 7) is 0.702. The van der Waals surface area contributed by atoms with Crippen molar-refractivity contribution < 1.29 is 9.53 Å². The van der Waals surface area contributed by atoms with Gasteiger partial charge in [0, 0.05) is 12.6 Å². The number of amides is 1. The Labute approximate surface area is 114 Å². The SMILES string of the molecule is COc1ccc(Cl)c(N2CCCC(Br)C2=O)c1. The highest BCUT2D eigenvalue weighted by Gasteiger charge is 2.28. The summed E-state index contributed by atoms with van der Waals surface area (Å²) in [6, 6.07) is 5.33. The van der Waals surface area contributed by atoms with Gasteiger partial charge < -0.3 is 9.64 Å². The summed E-state index contributed by atoms with van der Waals surface area (Å²) in [5.41, 5.74) is 0.722. The average molecular weight is 319 g/mol. The van der Waals surface area contributed by atoms with E-state index in [0.29, 0.717) is 17.3 Å². The molecule has 17 heavy (non-hydrogen) atoms. The summed E-state index contributed by atoms with van der Waals surface area (Å²) in [5, 5.41) is 0.570. The molecular formula is C12H13BrClNO2. The second-order valence-corrected chi connectivity index (χ2v) is 5.43. The molecule has 1 aromatic rings. The number of benzene rings is 1. The standard InChI is InChI=1S/C12H13BrClNO2/c1-17-8-4-5-10(14)11(7-8)15-6-2-3-9(13)12(15)16/h4-5,7,9H,2-3,6H2,1H3. The van der Waals surface area contributed by atoms with E-state index < -0.39 is 0 Å². The molecule has 1 amide bonds. The lowest BCUT2D eigenvalue weighted by Gasteiger charge is -2.30. The number of hydrogen-bond acceptors (Lipinski definition) is 2. The minimum Gasteiger partial charge on any atom is -0.497 e. The minimum atomic E-state index is -0.112. The third kappa shape index (κ3) is 2.58. The first-order valence-electron chi connectivity index (χ1n) is 5.42. The number of rotatable bonds is 2. The number of piperidine rings is 1. The first-order chi connectivity index (χ1) is 8.13. The number of halogens is 2. The summed E-state index contributed by atoms with van der Waals surface area (Å²) >= 11 is 9.52. The molecule has 0 saturated carbocycles. The van der Waals surface area contributed by atoms with Crippen molar-refractivity contribution >= 4 is 39.1 Å². The Balaban J connectivity index is 2.35. The Morgan fingerprint density at radius 1 is 1.53 bits per heavy atom. The maximum atomic E-state index is 12.1. The molecule has 1 aromatic carbocycles. The highest BCUT2D eigenvalue weighted by atomic mass is 79.9. The van der Waals surface area contributed by atoms with E-state index in [9.17, 15) is 4.79 Å². The van der Waals surface area contributed by atoms with Crippen LogP contribution in [0.3, 0.4) is 0 Å². The third-order valence-corrected chi connectivity index (χ3v) is 3.99. The number of alkyl halides is 1. The van der Waals surface area contributed by atoms with Crippen LogP contribution in [0.1, 0.15) is 12.8 Å². The van der Waals surface area contributed by atoms with Crippen molar-refractivity contribution in [2.24, 2.45) is 0 Å². The molecule has 5 heteroatoms. The molecule has 1 atom stereocenters. The van der Waals surface area contributed by atoms with Crippen molar-refractivity contribution in [1.82, 2.24) is 0 Å². The van der Waals surface area contributed by atoms with Crippen LogP contribution in [0.5, 0.6) is 5.75 Å². The predicted molar refractivity (Wildman–Crippen MR) is 72.3 cm³/mol. The fourth-order valence-electron chi connectivity index (χ4n) is 1.90. The van der Waals surface area contributed by atoms with E-state index >= 15 is 0 Å². The third-order valence-electron chi connectivity index (χ3n) is 2.82. The molecule has 0 aromatic heterocycles. The van der Waals surface area contributed by atoms with Gasteiger partial charge in [-0.2, -0.15) is 0 Å². The van der Waals surface area contributed by atoms with Gasteiger partial charge in [-0.3, -0.25) is 4.79 Å². The van der Waals surface area contributed by atoms with Crippen LogP contribution in [-0.4, -0.2) is 24.4 Å². The molecule has 0 bridgehead atoms. The quantitative estimate of drug-likeness (QED) is 0.784. The van der Waals surface area contributed by atoms with Gasteiger partial charge in [-0.1, -0.05) is 27.5 Å². The predicted octanol–water partition coefficient (Wildman–Crippen LogP) is 3.24. The lowest BCUT2D eigenvalue weighted by molar-refractivity contribution is -0.118. The van der Waals surface area contributed by atoms with E-state index in [0.717, 1.165) is 18.5 Å². The molecule has 2 rings (SSSR count). The fourth-order valence-corrected chi connectivity index (χ4v) is 2.69. The number of ether oxygens (including phenoxy) is 1. The molecule has 0 aliphatic carbocycles. The van der Waals surface area contributed by atoms with E-state index in [4.69, 9.17) is 16.3 Å². The van der Waals surface area contributed by atoms with Gasteiger partial charge in [0.15, 0.2) is 0 Å². The van der Waals surface area contributed by atoms with Gasteiger partial charge in [0.05, 0.1) is 22.6 Å². The Morgan fingerprint density at radius 2 is 2.29 bits per heavy atom. The van der Waals surface area contributed by atoms with Crippen LogP contribution in [0, 0.1) is 0 Å². The van der Waals surface area contributed by atoms with Gasteiger partial charge in [0.25, 0.3) is 0 Å². The lowest BCUT2D eigenvalue weighted by atomic mass is 10.1. The number of nitrogens with zero attached hydrogens (tertiary/aromatic N) is 1. The molecular weight excluding hydrogens is 305 g/mol. The number of methoxy groups -OCH3 is 1. The zero-order chi connectivity index (χ0) is 12.4. The largest absolute Gasteiger partial charge is 0.497 e. The number of hydrogen-bond donors (Lipinski definition) is 0. The van der Waals surface area contributed by atoms with Crippen LogP contribution in [0.2, 0.25) is 5.02 Å². The Bertz CT molecular complexity index is 439. The number of anilines is 1. The average Bonchev–Trinajstić information content (AvgIpc) is 2.34. The molecule has 1 heterocycles. The van der Waals surface area contributed by atoms with Gasteiger partial charge in [0.2, 0.25) is 5.91 Å². The first kappa shape index (κ1) is 12.7. The van der Waals surface area contributed by atoms with Crippen molar-refractivity contribution in [1.29, 1.82) is 0 Å². The lowest BCUT2D eigenvalue weighted by Crippen LogP contribution is -2.41. The molecule has 3 nitrogen and oxygen atoms in total. The summed E-state index contributed by atoms with van der Waals surface area (Å²) < 4.78 is 5.15. The zero-order valence-electron chi connectivity index (χ0n) is 9.45. The van der Waals surface area contributed by atoms with Crippen molar-refractivity contribution in [2.75, 3.05) is 18.6 Å². The molecule has 0 radical (unpaired) electrons. The maximum absolute atomic E-state index is 12.1. The van der Waals surface area contributed by atoms with Crippen LogP contribution in [-0.2, 0) is 4.79 Å². The van der Waals surface area contributed by atoms with Crippen molar-refractivity contribution in [3.8, 4) is 5.75 Å². The van der Waals surface area contributed by atoms with Crippen molar-refractivity contribution in [2.45, 2.75) is 17.7 Å². The molecule has 92 valence electrons. The second-order valence-electron chi connectivity index (χ2n) is 3.92. The Hall–Kier alpha value is -0.740. The molecule has 1 saturated heterocycles. The van der Waals surface area contributed by atoms with Gasteiger partial charge in [0.1, 0.15) is 5.75 Å². The normalized spacial score (nSPS) is 20.5. The molecule has 0 spiro atoms. The minimum absolute atomic E-state index is 0.0615. The van der Waals surface area contributed by atoms with Gasteiger partial charge in [-0.05, 0) is 25.0 Å². The van der Waals surface area contributed by atoms with Crippen LogP contribution in [0.15, 0.2) is 18.2 Å². The Morgan fingerprint density at radius 3 is 3.00 bits per heavy atom. The number of carbonyl (C=O) groups is 1. The monoisotopic (exact) mass is 317 g/mol. The topological polar surface area (TPSA) is 29.5 Å². The second kappa shape index (κ2) is 5.27. The van der Waals surface area contributed by atoms with Crippen molar-refractivity contribution in [3.63, 3.8) is 0 Å². The van der Waals surface area contributed by atoms with E-state index in [-0.39, 0.29) is 10.7 Å². The highest BCUT2D eigenvalue weighted by Crippen LogP contribution is 2.33. The van der Waals surface area contributed by atoms with Crippen LogP contribution in [0.4, 0.5) is 5.69 Å². The smallest absolute Gasteiger partial charge is 0.240 e. The Kier molecular flexibility index (Phi) is 3.94. The summed E-state index contributed by atoms with van der Waals surface area (Å²) in [7, 11) is 1.60. The van der Waals surface area contributed by atoms with Gasteiger partial charge in [-0.15, -0.1) is 0 Å². The van der Waals surface area contributed by atoms with E-state index in [2.05, 4.69) is 15.9 Å². The fraction of sp³-hybridized carbons (Fsp3) is 0.417. The zero-order valence-corrected chi connectivity index (χ0v) is 11.8. The molecule has 0 N–H and O–H groups in total. The summed E-state index contributed by atoms with van der Waals surface area (Å²) in [6.07, 6.45) is 1.84. The van der Waals surface area contributed by atoms with E-state index in [1.807, 2.05) is 0 Å². The highest BCUT2D eigenvalue weighted by molar-refractivity contribution is 9.10. The molecule has 1 unspecified atom stereocenters. The number of carbonyl (C=O) groups excluding carboxylic acids is 1.